The number of carbonyl (C=O) groups is 1. The molecule has 0 spiro atoms. The Bertz CT molecular complexity index is 936. The van der Waals surface area contributed by atoms with E-state index in [4.69, 9.17) is 0 Å². The summed E-state index contributed by atoms with van der Waals surface area (Å²) in [6.07, 6.45) is 1.50. The zero-order chi connectivity index (χ0) is 18.0. The smallest absolute Gasteiger partial charge is 0.259 e. The van der Waals surface area contributed by atoms with Gasteiger partial charge in [0.15, 0.2) is 5.82 Å². The van der Waals surface area contributed by atoms with Gasteiger partial charge in [0.25, 0.3) is 5.91 Å². The average Bonchev–Trinajstić information content (AvgIpc) is 2.58. The van der Waals surface area contributed by atoms with Crippen LogP contribution in [0.3, 0.4) is 0 Å². The zero-order valence-corrected chi connectivity index (χ0v) is 14.3. The third-order valence-corrected chi connectivity index (χ3v) is 3.97. The van der Waals surface area contributed by atoms with Crippen LogP contribution in [-0.2, 0) is 0 Å². The average molecular weight is 335 g/mol. The first-order valence-electron chi connectivity index (χ1n) is 7.92. The van der Waals surface area contributed by atoms with Gasteiger partial charge in [0.05, 0.1) is 11.3 Å². The first-order valence-corrected chi connectivity index (χ1v) is 7.92. The third-order valence-electron chi connectivity index (χ3n) is 3.97. The molecule has 1 N–H and O–H groups in total. The minimum absolute atomic E-state index is 0.253. The van der Waals surface area contributed by atoms with Crippen LogP contribution in [0, 0.1) is 26.6 Å². The summed E-state index contributed by atoms with van der Waals surface area (Å²) in [6, 6.07) is 11.8. The minimum atomic E-state index is -0.315. The summed E-state index contributed by atoms with van der Waals surface area (Å²) in [5.74, 6) is -0.109. The standard InChI is InChI=1S/C20H18FN3O/c1-12-4-5-13(2)18(10-12)24-20(25)17-11-22-19(23-14(17)3)15-6-8-16(21)9-7-15/h4-11H,1-3H3,(H,24,25). The second-order valence-electron chi connectivity index (χ2n) is 5.97. The van der Waals surface area contributed by atoms with Crippen molar-refractivity contribution in [2.75, 3.05) is 5.32 Å². The second kappa shape index (κ2) is 6.81. The van der Waals surface area contributed by atoms with Crippen LogP contribution in [0.15, 0.2) is 48.7 Å². The van der Waals surface area contributed by atoms with E-state index in [1.807, 2.05) is 32.0 Å². The van der Waals surface area contributed by atoms with Crippen molar-refractivity contribution in [2.24, 2.45) is 0 Å². The first-order chi connectivity index (χ1) is 11.9. The van der Waals surface area contributed by atoms with Gasteiger partial charge in [-0.15, -0.1) is 0 Å². The molecule has 25 heavy (non-hydrogen) atoms. The number of rotatable bonds is 3. The number of nitrogens with one attached hydrogen (secondary N) is 1. The molecule has 5 heteroatoms. The first kappa shape index (κ1) is 16.8. The van der Waals surface area contributed by atoms with E-state index in [9.17, 15) is 9.18 Å². The maximum atomic E-state index is 13.0. The fourth-order valence-electron chi connectivity index (χ4n) is 2.49. The molecule has 1 aromatic heterocycles. The predicted molar refractivity (Wildman–Crippen MR) is 96.0 cm³/mol. The molecule has 1 heterocycles. The number of aryl methyl sites for hydroxylation is 3. The van der Waals surface area contributed by atoms with Crippen molar-refractivity contribution in [3.63, 3.8) is 0 Å². The Morgan fingerprint density at radius 2 is 1.76 bits per heavy atom. The Balaban J connectivity index is 1.86. The number of carbonyl (C=O) groups excluding carboxylic acids is 1. The van der Waals surface area contributed by atoms with Gasteiger partial charge in [-0.2, -0.15) is 0 Å². The van der Waals surface area contributed by atoms with Crippen LogP contribution in [0.25, 0.3) is 11.4 Å². The van der Waals surface area contributed by atoms with Crippen LogP contribution in [0.4, 0.5) is 10.1 Å². The van der Waals surface area contributed by atoms with Crippen molar-refractivity contribution in [3.8, 4) is 11.4 Å². The molecule has 0 unspecified atom stereocenters. The highest BCUT2D eigenvalue weighted by Gasteiger charge is 2.14. The van der Waals surface area contributed by atoms with Crippen molar-refractivity contribution < 1.29 is 9.18 Å². The molecule has 0 bridgehead atoms. The molecule has 126 valence electrons. The summed E-state index contributed by atoms with van der Waals surface area (Å²) in [7, 11) is 0. The van der Waals surface area contributed by atoms with Gasteiger partial charge in [0, 0.05) is 17.4 Å². The van der Waals surface area contributed by atoms with Gasteiger partial charge in [0.1, 0.15) is 5.82 Å². The Kier molecular flexibility index (Phi) is 4.57. The summed E-state index contributed by atoms with van der Waals surface area (Å²) >= 11 is 0. The van der Waals surface area contributed by atoms with Gasteiger partial charge in [0.2, 0.25) is 0 Å². The van der Waals surface area contributed by atoms with E-state index in [-0.39, 0.29) is 11.7 Å². The van der Waals surface area contributed by atoms with E-state index in [1.54, 1.807) is 19.1 Å². The van der Waals surface area contributed by atoms with Gasteiger partial charge in [-0.05, 0) is 62.2 Å². The molecule has 1 amide bonds. The quantitative estimate of drug-likeness (QED) is 0.769. The molecule has 0 aliphatic carbocycles. The molecule has 0 aliphatic heterocycles. The Labute approximate surface area is 145 Å². The molecule has 0 saturated carbocycles. The van der Waals surface area contributed by atoms with Crippen molar-refractivity contribution in [2.45, 2.75) is 20.8 Å². The number of aromatic nitrogens is 2. The maximum Gasteiger partial charge on any atom is 0.259 e. The van der Waals surface area contributed by atoms with E-state index >= 15 is 0 Å². The van der Waals surface area contributed by atoms with Crippen molar-refractivity contribution in [3.05, 3.63) is 76.9 Å². The molecule has 0 aliphatic rings. The summed E-state index contributed by atoms with van der Waals surface area (Å²) in [5, 5.41) is 2.91. The van der Waals surface area contributed by atoms with Crippen LogP contribution >= 0.6 is 0 Å². The van der Waals surface area contributed by atoms with E-state index in [0.717, 1.165) is 16.8 Å². The lowest BCUT2D eigenvalue weighted by Crippen LogP contribution is -2.15. The van der Waals surface area contributed by atoms with Gasteiger partial charge >= 0.3 is 0 Å². The topological polar surface area (TPSA) is 54.9 Å². The lowest BCUT2D eigenvalue weighted by atomic mass is 10.1. The summed E-state index contributed by atoms with van der Waals surface area (Å²) in [5.41, 5.74) is 4.50. The number of benzene rings is 2. The second-order valence-corrected chi connectivity index (χ2v) is 5.97. The zero-order valence-electron chi connectivity index (χ0n) is 14.3. The maximum absolute atomic E-state index is 13.0. The number of amides is 1. The Hall–Kier alpha value is -3.08. The summed E-state index contributed by atoms with van der Waals surface area (Å²) in [6.45, 7) is 5.67. The van der Waals surface area contributed by atoms with Crippen LogP contribution < -0.4 is 5.32 Å². The normalized spacial score (nSPS) is 10.6. The highest BCUT2D eigenvalue weighted by Crippen LogP contribution is 2.20. The number of anilines is 1. The lowest BCUT2D eigenvalue weighted by molar-refractivity contribution is 0.102. The van der Waals surface area contributed by atoms with E-state index in [0.29, 0.717) is 22.6 Å². The molecule has 0 saturated heterocycles. The molecule has 3 aromatic rings. The van der Waals surface area contributed by atoms with E-state index in [1.165, 1.54) is 18.3 Å². The highest BCUT2D eigenvalue weighted by molar-refractivity contribution is 6.05. The number of hydrogen-bond acceptors (Lipinski definition) is 3. The van der Waals surface area contributed by atoms with Gasteiger partial charge in [-0.1, -0.05) is 12.1 Å². The van der Waals surface area contributed by atoms with Crippen molar-refractivity contribution >= 4 is 11.6 Å². The summed E-state index contributed by atoms with van der Waals surface area (Å²) < 4.78 is 13.0. The Morgan fingerprint density at radius 1 is 1.04 bits per heavy atom. The molecule has 3 rings (SSSR count). The predicted octanol–water partition coefficient (Wildman–Crippen LogP) is 4.46. The monoisotopic (exact) mass is 335 g/mol. The van der Waals surface area contributed by atoms with Crippen molar-refractivity contribution in [1.29, 1.82) is 0 Å². The van der Waals surface area contributed by atoms with E-state index in [2.05, 4.69) is 15.3 Å². The molecule has 0 radical (unpaired) electrons. The van der Waals surface area contributed by atoms with Crippen LogP contribution in [0.2, 0.25) is 0 Å². The highest BCUT2D eigenvalue weighted by atomic mass is 19.1. The van der Waals surface area contributed by atoms with Gasteiger partial charge < -0.3 is 5.32 Å². The Morgan fingerprint density at radius 3 is 2.44 bits per heavy atom. The molecular formula is C20H18FN3O. The third kappa shape index (κ3) is 3.71. The lowest BCUT2D eigenvalue weighted by Gasteiger charge is -2.11. The molecule has 4 nitrogen and oxygen atoms in total. The fourth-order valence-corrected chi connectivity index (χ4v) is 2.49. The van der Waals surface area contributed by atoms with Crippen LogP contribution in [-0.4, -0.2) is 15.9 Å². The van der Waals surface area contributed by atoms with Crippen molar-refractivity contribution in [1.82, 2.24) is 9.97 Å². The fraction of sp³-hybridized carbons (Fsp3) is 0.150. The largest absolute Gasteiger partial charge is 0.322 e. The number of halogens is 1. The van der Waals surface area contributed by atoms with Gasteiger partial charge in [-0.3, -0.25) is 4.79 Å². The van der Waals surface area contributed by atoms with Crippen LogP contribution in [0.1, 0.15) is 27.2 Å². The van der Waals surface area contributed by atoms with Crippen LogP contribution in [0.5, 0.6) is 0 Å². The summed E-state index contributed by atoms with van der Waals surface area (Å²) in [4.78, 5) is 21.2. The van der Waals surface area contributed by atoms with Gasteiger partial charge in [-0.25, -0.2) is 14.4 Å². The van der Waals surface area contributed by atoms with E-state index < -0.39 is 0 Å². The molecule has 0 atom stereocenters. The molecule has 0 fully saturated rings. The molecule has 2 aromatic carbocycles. The minimum Gasteiger partial charge on any atom is -0.322 e. The number of hydrogen-bond donors (Lipinski definition) is 1. The number of nitrogens with zero attached hydrogens (tertiary/aromatic N) is 2. The SMILES string of the molecule is Cc1ccc(C)c(NC(=O)c2cnc(-c3ccc(F)cc3)nc2C)c1. The molecular weight excluding hydrogens is 317 g/mol.